The first-order chi connectivity index (χ1) is 5.73. The lowest BCUT2D eigenvalue weighted by Crippen LogP contribution is -2.22. The molecule has 66 valence electrons. The highest BCUT2D eigenvalue weighted by molar-refractivity contribution is 6.35. The van der Waals surface area contributed by atoms with E-state index in [2.05, 4.69) is 0 Å². The van der Waals surface area contributed by atoms with E-state index >= 15 is 0 Å². The van der Waals surface area contributed by atoms with Gasteiger partial charge in [0.15, 0.2) is 0 Å². The lowest BCUT2D eigenvalue weighted by molar-refractivity contribution is 0.783. The van der Waals surface area contributed by atoms with Crippen LogP contribution >= 0.6 is 34.8 Å². The van der Waals surface area contributed by atoms with Gasteiger partial charge in [-0.3, -0.25) is 0 Å². The second kappa shape index (κ2) is 4.36. The Morgan fingerprint density at radius 1 is 1.00 bits per heavy atom. The molecular formula is C9H9Cl3. The van der Waals surface area contributed by atoms with Crippen LogP contribution in [0.1, 0.15) is 5.56 Å². The van der Waals surface area contributed by atoms with E-state index in [0.717, 1.165) is 5.56 Å². The average Bonchev–Trinajstić information content (AvgIpc) is 2.18. The van der Waals surface area contributed by atoms with Crippen molar-refractivity contribution in [2.75, 3.05) is 11.8 Å². The number of alkyl halides is 3. The Morgan fingerprint density at radius 3 is 1.92 bits per heavy atom. The monoisotopic (exact) mass is 222 g/mol. The fourth-order valence-electron chi connectivity index (χ4n) is 0.927. The molecule has 0 aliphatic heterocycles. The summed E-state index contributed by atoms with van der Waals surface area (Å²) in [6.45, 7) is 0. The third-order valence-electron chi connectivity index (χ3n) is 1.71. The summed E-state index contributed by atoms with van der Waals surface area (Å²) in [7, 11) is 0. The first-order valence-corrected chi connectivity index (χ1v) is 5.04. The summed E-state index contributed by atoms with van der Waals surface area (Å²) in [5.41, 5.74) is 0.969. The first-order valence-electron chi connectivity index (χ1n) is 3.59. The molecule has 0 heterocycles. The number of hydrogen-bond acceptors (Lipinski definition) is 0. The molecule has 3 heteroatoms. The van der Waals surface area contributed by atoms with Crippen molar-refractivity contribution in [3.8, 4) is 0 Å². The van der Waals surface area contributed by atoms with Gasteiger partial charge in [0.1, 0.15) is 0 Å². The van der Waals surface area contributed by atoms with Gasteiger partial charge in [0.25, 0.3) is 0 Å². The van der Waals surface area contributed by atoms with Crippen molar-refractivity contribution in [3.63, 3.8) is 0 Å². The average molecular weight is 224 g/mol. The highest BCUT2D eigenvalue weighted by atomic mass is 35.5. The van der Waals surface area contributed by atoms with Crippen LogP contribution in [-0.2, 0) is 4.87 Å². The summed E-state index contributed by atoms with van der Waals surface area (Å²) in [5, 5.41) is 0. The number of halogens is 3. The molecule has 0 aliphatic carbocycles. The molecule has 0 amide bonds. The van der Waals surface area contributed by atoms with E-state index in [1.54, 1.807) is 0 Å². The van der Waals surface area contributed by atoms with Crippen molar-refractivity contribution in [1.29, 1.82) is 0 Å². The van der Waals surface area contributed by atoms with Crippen molar-refractivity contribution >= 4 is 34.8 Å². The zero-order valence-electron chi connectivity index (χ0n) is 6.43. The minimum Gasteiger partial charge on any atom is -0.124 e. The number of hydrogen-bond donors (Lipinski definition) is 0. The lowest BCUT2D eigenvalue weighted by Gasteiger charge is -2.21. The number of rotatable bonds is 3. The van der Waals surface area contributed by atoms with Gasteiger partial charge in [0.2, 0.25) is 0 Å². The fourth-order valence-corrected chi connectivity index (χ4v) is 1.65. The molecule has 0 fully saturated rings. The maximum atomic E-state index is 6.17. The van der Waals surface area contributed by atoms with Gasteiger partial charge >= 0.3 is 0 Å². The molecule has 0 saturated carbocycles. The van der Waals surface area contributed by atoms with Crippen molar-refractivity contribution in [2.24, 2.45) is 0 Å². The fraction of sp³-hybridized carbons (Fsp3) is 0.333. The zero-order valence-corrected chi connectivity index (χ0v) is 8.70. The largest absolute Gasteiger partial charge is 0.124 e. The smallest absolute Gasteiger partial charge is 0.0964 e. The van der Waals surface area contributed by atoms with Gasteiger partial charge in [-0.1, -0.05) is 30.3 Å². The van der Waals surface area contributed by atoms with E-state index in [9.17, 15) is 0 Å². The van der Waals surface area contributed by atoms with Crippen LogP contribution in [0.3, 0.4) is 0 Å². The van der Waals surface area contributed by atoms with Crippen LogP contribution in [0.25, 0.3) is 0 Å². The van der Waals surface area contributed by atoms with Gasteiger partial charge < -0.3 is 0 Å². The standard InChI is InChI=1S/C9H9Cl3/c10-6-9(12,7-11)8-4-2-1-3-5-8/h1-5H,6-7H2. The summed E-state index contributed by atoms with van der Waals surface area (Å²) < 4.78 is 0. The van der Waals surface area contributed by atoms with Gasteiger partial charge in [-0.2, -0.15) is 0 Å². The van der Waals surface area contributed by atoms with E-state index in [1.807, 2.05) is 30.3 Å². The Labute approximate surface area is 87.4 Å². The first kappa shape index (κ1) is 10.2. The van der Waals surface area contributed by atoms with Crippen LogP contribution in [0.2, 0.25) is 0 Å². The highest BCUT2D eigenvalue weighted by Gasteiger charge is 2.26. The van der Waals surface area contributed by atoms with Gasteiger partial charge in [-0.05, 0) is 5.56 Å². The Balaban J connectivity index is 2.95. The maximum absolute atomic E-state index is 6.17. The van der Waals surface area contributed by atoms with Gasteiger partial charge in [0, 0.05) is 11.8 Å². The van der Waals surface area contributed by atoms with E-state index < -0.39 is 4.87 Å². The second-order valence-electron chi connectivity index (χ2n) is 2.60. The van der Waals surface area contributed by atoms with Crippen LogP contribution in [0, 0.1) is 0 Å². The number of benzene rings is 1. The Kier molecular flexibility index (Phi) is 3.70. The molecule has 0 radical (unpaired) electrons. The molecule has 1 aromatic carbocycles. The maximum Gasteiger partial charge on any atom is 0.0964 e. The molecule has 0 nitrogen and oxygen atoms in total. The quantitative estimate of drug-likeness (QED) is 0.687. The SMILES string of the molecule is ClCC(Cl)(CCl)c1ccccc1. The minimum atomic E-state index is -0.621. The van der Waals surface area contributed by atoms with E-state index in [4.69, 9.17) is 34.8 Å². The summed E-state index contributed by atoms with van der Waals surface area (Å²) in [6, 6.07) is 9.63. The predicted molar refractivity (Wildman–Crippen MR) is 55.4 cm³/mol. The molecule has 0 spiro atoms. The van der Waals surface area contributed by atoms with Crippen LogP contribution in [0.4, 0.5) is 0 Å². The minimum absolute atomic E-state index is 0.321. The van der Waals surface area contributed by atoms with Crippen LogP contribution in [-0.4, -0.2) is 11.8 Å². The highest BCUT2D eigenvalue weighted by Crippen LogP contribution is 2.31. The summed E-state index contributed by atoms with van der Waals surface area (Å²) in [6.07, 6.45) is 0. The lowest BCUT2D eigenvalue weighted by atomic mass is 10.0. The molecule has 1 aromatic rings. The van der Waals surface area contributed by atoms with Gasteiger partial charge in [-0.15, -0.1) is 34.8 Å². The van der Waals surface area contributed by atoms with Crippen LogP contribution < -0.4 is 0 Å². The Hall–Kier alpha value is 0.0900. The molecule has 0 bridgehead atoms. The molecule has 0 N–H and O–H groups in total. The van der Waals surface area contributed by atoms with E-state index in [0.29, 0.717) is 11.8 Å². The third kappa shape index (κ3) is 2.07. The molecule has 0 saturated heterocycles. The summed E-state index contributed by atoms with van der Waals surface area (Å²) in [5.74, 6) is 0.643. The molecule has 0 unspecified atom stereocenters. The van der Waals surface area contributed by atoms with Crippen molar-refractivity contribution < 1.29 is 0 Å². The summed E-state index contributed by atoms with van der Waals surface area (Å²) >= 11 is 17.6. The zero-order chi connectivity index (χ0) is 9.03. The second-order valence-corrected chi connectivity index (χ2v) is 3.86. The van der Waals surface area contributed by atoms with Crippen molar-refractivity contribution in [1.82, 2.24) is 0 Å². The molecule has 12 heavy (non-hydrogen) atoms. The Bertz CT molecular complexity index is 229. The predicted octanol–water partition coefficient (Wildman–Crippen LogP) is 3.60. The van der Waals surface area contributed by atoms with Gasteiger partial charge in [-0.25, -0.2) is 0 Å². The van der Waals surface area contributed by atoms with Crippen LogP contribution in [0.15, 0.2) is 30.3 Å². The molecule has 1 rings (SSSR count). The van der Waals surface area contributed by atoms with Gasteiger partial charge in [0.05, 0.1) is 4.87 Å². The van der Waals surface area contributed by atoms with Crippen molar-refractivity contribution in [2.45, 2.75) is 4.87 Å². The topological polar surface area (TPSA) is 0 Å². The Morgan fingerprint density at radius 2 is 1.50 bits per heavy atom. The van der Waals surface area contributed by atoms with E-state index in [1.165, 1.54) is 0 Å². The van der Waals surface area contributed by atoms with Crippen LogP contribution in [0.5, 0.6) is 0 Å². The normalized spacial score (nSPS) is 11.6. The van der Waals surface area contributed by atoms with Crippen molar-refractivity contribution in [3.05, 3.63) is 35.9 Å². The molecule has 0 atom stereocenters. The third-order valence-corrected chi connectivity index (χ3v) is 3.39. The molecule has 0 aromatic heterocycles. The van der Waals surface area contributed by atoms with E-state index in [-0.39, 0.29) is 0 Å². The summed E-state index contributed by atoms with van der Waals surface area (Å²) in [4.78, 5) is -0.621. The molecular weight excluding hydrogens is 214 g/mol. The molecule has 0 aliphatic rings.